The Hall–Kier alpha value is -3.64. The van der Waals surface area contributed by atoms with Gasteiger partial charge in [0, 0.05) is 33.2 Å². The summed E-state index contributed by atoms with van der Waals surface area (Å²) < 4.78 is 26.2. The van der Waals surface area contributed by atoms with Crippen molar-refractivity contribution in [3.8, 4) is 11.3 Å². The molecule has 12 heteroatoms. The summed E-state index contributed by atoms with van der Waals surface area (Å²) in [5, 5.41) is 0. The summed E-state index contributed by atoms with van der Waals surface area (Å²) in [4.78, 5) is 40.0. The van der Waals surface area contributed by atoms with E-state index in [1.54, 1.807) is 4.90 Å². The van der Waals surface area contributed by atoms with Crippen molar-refractivity contribution in [2.75, 3.05) is 19.7 Å². The van der Waals surface area contributed by atoms with Gasteiger partial charge in [-0.3, -0.25) is 9.80 Å². The molecule has 5 aliphatic rings. The van der Waals surface area contributed by atoms with E-state index in [0.29, 0.717) is 32.3 Å². The lowest BCUT2D eigenvalue weighted by atomic mass is 9.51. The number of ether oxygens (including phenoxy) is 3. The quantitative estimate of drug-likeness (QED) is 0.147. The highest BCUT2D eigenvalue weighted by Crippen LogP contribution is 2.58. The molecule has 8 rings (SSSR count). The van der Waals surface area contributed by atoms with Gasteiger partial charge in [-0.05, 0) is 128 Å². The number of hydrogen-bond acceptors (Lipinski definition) is 8. The number of nitrogens with zero attached hydrogens (tertiary/aromatic N) is 5. The lowest BCUT2D eigenvalue weighted by Crippen LogP contribution is -2.46. The van der Waals surface area contributed by atoms with Gasteiger partial charge in [-0.1, -0.05) is 43.9 Å². The number of imidazole rings is 1. The minimum Gasteiger partial charge on any atom is -0.446 e. The van der Waals surface area contributed by atoms with Gasteiger partial charge in [0.05, 0.1) is 23.6 Å². The van der Waals surface area contributed by atoms with Gasteiger partial charge in [-0.2, -0.15) is 0 Å². The van der Waals surface area contributed by atoms with E-state index < -0.39 is 19.3 Å². The monoisotopic (exact) mass is 787 g/mol. The zero-order valence-corrected chi connectivity index (χ0v) is 36.4. The molecular formula is C44H65N5O6Si. The summed E-state index contributed by atoms with van der Waals surface area (Å²) in [5.41, 5.74) is 3.62. The van der Waals surface area contributed by atoms with Gasteiger partial charge in [0.15, 0.2) is 0 Å². The molecule has 2 amide bonds. The van der Waals surface area contributed by atoms with Crippen molar-refractivity contribution in [3.63, 3.8) is 0 Å². The summed E-state index contributed by atoms with van der Waals surface area (Å²) in [7, 11) is -1.26. The Morgan fingerprint density at radius 3 is 1.95 bits per heavy atom. The number of likely N-dealkylation sites (tertiary alicyclic amines) is 2. The van der Waals surface area contributed by atoms with Crippen molar-refractivity contribution in [1.82, 2.24) is 24.3 Å². The topological polar surface area (TPSA) is 112 Å². The lowest BCUT2D eigenvalue weighted by molar-refractivity contribution is 0.0194. The van der Waals surface area contributed by atoms with E-state index in [9.17, 15) is 9.59 Å². The summed E-state index contributed by atoms with van der Waals surface area (Å²) in [5.74, 6) is 1.50. The second-order valence-corrected chi connectivity index (χ2v) is 25.8. The number of rotatable bonds is 10. The lowest BCUT2D eigenvalue weighted by Gasteiger charge is -2.53. The summed E-state index contributed by atoms with van der Waals surface area (Å²) in [6, 6.07) is 9.92. The molecule has 0 unspecified atom stereocenters. The second-order valence-electron chi connectivity index (χ2n) is 20.2. The molecule has 306 valence electrons. The van der Waals surface area contributed by atoms with E-state index in [0.717, 1.165) is 93.0 Å². The maximum Gasteiger partial charge on any atom is 0.410 e. The van der Waals surface area contributed by atoms with Crippen LogP contribution in [0.3, 0.4) is 0 Å². The Labute approximate surface area is 334 Å². The molecule has 0 spiro atoms. The first kappa shape index (κ1) is 40.5. The minimum absolute atomic E-state index is 0.0185. The SMILES string of the molecule is CC(C)(C)OC(=O)N1CCC[C@H]1c1nc(C23CCC(c4ccc(-c5cnc([C@@H]6CCCN6C(=O)OC(C)(C)C)n5COCC[Si](C)(C)C)cc4)(CC2)CC3)co1. The van der Waals surface area contributed by atoms with Crippen LogP contribution in [0.25, 0.3) is 11.3 Å². The molecule has 3 aromatic rings. The molecule has 2 atom stereocenters. The normalized spacial score (nSPS) is 25.6. The van der Waals surface area contributed by atoms with Crippen LogP contribution in [0.4, 0.5) is 9.59 Å². The highest BCUT2D eigenvalue weighted by Gasteiger charge is 2.51. The van der Waals surface area contributed by atoms with Gasteiger partial charge in [0.25, 0.3) is 0 Å². The van der Waals surface area contributed by atoms with Gasteiger partial charge in [0.2, 0.25) is 5.89 Å². The van der Waals surface area contributed by atoms with Crippen LogP contribution in [0.5, 0.6) is 0 Å². The number of aromatic nitrogens is 3. The molecule has 2 saturated heterocycles. The van der Waals surface area contributed by atoms with Crippen molar-refractivity contribution < 1.29 is 28.2 Å². The molecule has 11 nitrogen and oxygen atoms in total. The maximum atomic E-state index is 13.3. The van der Waals surface area contributed by atoms with E-state index in [-0.39, 0.29) is 35.1 Å². The van der Waals surface area contributed by atoms with Gasteiger partial charge in [0.1, 0.15) is 36.1 Å². The summed E-state index contributed by atoms with van der Waals surface area (Å²) in [6.45, 7) is 20.9. The smallest absolute Gasteiger partial charge is 0.410 e. The predicted molar refractivity (Wildman–Crippen MR) is 219 cm³/mol. The molecule has 0 N–H and O–H groups in total. The number of hydrogen-bond donors (Lipinski definition) is 0. The summed E-state index contributed by atoms with van der Waals surface area (Å²) >= 11 is 0. The largest absolute Gasteiger partial charge is 0.446 e. The molecule has 5 fully saturated rings. The molecule has 56 heavy (non-hydrogen) atoms. The molecule has 3 saturated carbocycles. The second kappa shape index (κ2) is 15.3. The first-order valence-electron chi connectivity index (χ1n) is 21.0. The van der Waals surface area contributed by atoms with Gasteiger partial charge >= 0.3 is 12.2 Å². The van der Waals surface area contributed by atoms with Gasteiger partial charge in [-0.25, -0.2) is 19.6 Å². The molecular weight excluding hydrogens is 723 g/mol. The molecule has 0 radical (unpaired) electrons. The minimum atomic E-state index is -1.26. The third kappa shape index (κ3) is 8.61. The predicted octanol–water partition coefficient (Wildman–Crippen LogP) is 10.5. The molecule has 2 aromatic heterocycles. The summed E-state index contributed by atoms with van der Waals surface area (Å²) in [6.07, 6.45) is 13.3. The Kier molecular flexibility index (Phi) is 11.1. The van der Waals surface area contributed by atoms with Gasteiger partial charge in [-0.15, -0.1) is 0 Å². The van der Waals surface area contributed by atoms with Crippen molar-refractivity contribution in [3.05, 3.63) is 59.7 Å². The van der Waals surface area contributed by atoms with Crippen LogP contribution in [-0.4, -0.2) is 75.5 Å². The number of amides is 2. The van der Waals surface area contributed by atoms with E-state index >= 15 is 0 Å². The Morgan fingerprint density at radius 1 is 0.821 bits per heavy atom. The van der Waals surface area contributed by atoms with Crippen LogP contribution in [0.15, 0.2) is 41.1 Å². The Morgan fingerprint density at radius 2 is 1.38 bits per heavy atom. The van der Waals surface area contributed by atoms with E-state index in [4.69, 9.17) is 28.6 Å². The standard InChI is InChI=1S/C44H65N5O6Si/c1-41(2,3)54-39(50)47-24-10-12-33(47)37-45-28-35(49(37)30-52-26-27-56(7,8)9)31-14-16-32(17-15-31)43-18-21-44(22-19-43,23-20-43)36-29-53-38(46-36)34-13-11-25-48(34)40(51)55-42(4,5)6/h14-17,28-29,33-34H,10-13,18-27,30H2,1-9H3/t33-,34-,43?,44?/m0/s1. The van der Waals surface area contributed by atoms with Crippen molar-refractivity contribution in [2.45, 2.75) is 172 Å². The number of carbonyl (C=O) groups is 2. The molecule has 4 heterocycles. The van der Waals surface area contributed by atoms with Gasteiger partial charge < -0.3 is 23.2 Å². The average molecular weight is 788 g/mol. The highest BCUT2D eigenvalue weighted by atomic mass is 28.3. The number of oxazole rings is 1. The van der Waals surface area contributed by atoms with Crippen LogP contribution >= 0.6 is 0 Å². The zero-order chi connectivity index (χ0) is 40.1. The fourth-order valence-electron chi connectivity index (χ4n) is 9.37. The van der Waals surface area contributed by atoms with Crippen LogP contribution in [0.1, 0.15) is 141 Å². The third-order valence-electron chi connectivity index (χ3n) is 12.6. The first-order valence-corrected chi connectivity index (χ1v) is 24.8. The number of fused-ring (bicyclic) bond motifs is 3. The molecule has 2 bridgehead atoms. The van der Waals surface area contributed by atoms with Crippen LogP contribution in [0.2, 0.25) is 25.7 Å². The third-order valence-corrected chi connectivity index (χ3v) is 14.3. The van der Waals surface area contributed by atoms with Crippen LogP contribution < -0.4 is 0 Å². The van der Waals surface area contributed by atoms with Crippen molar-refractivity contribution >= 4 is 20.3 Å². The molecule has 1 aromatic carbocycles. The molecule has 2 aliphatic heterocycles. The highest BCUT2D eigenvalue weighted by molar-refractivity contribution is 6.76. The molecule has 3 aliphatic carbocycles. The van der Waals surface area contributed by atoms with Crippen LogP contribution in [-0.2, 0) is 31.8 Å². The average Bonchev–Trinajstić information content (AvgIpc) is 3.95. The number of carbonyl (C=O) groups excluding carboxylic acids is 2. The van der Waals surface area contributed by atoms with E-state index in [1.807, 2.05) is 58.9 Å². The van der Waals surface area contributed by atoms with E-state index in [2.05, 4.69) is 48.5 Å². The van der Waals surface area contributed by atoms with Crippen LogP contribution in [0, 0.1) is 0 Å². The Bertz CT molecular complexity index is 1840. The maximum absolute atomic E-state index is 13.3. The van der Waals surface area contributed by atoms with Crippen molar-refractivity contribution in [2.24, 2.45) is 0 Å². The first-order chi connectivity index (χ1) is 26.4. The Balaban J connectivity index is 1.06. The fraction of sp³-hybridized carbons (Fsp3) is 0.682. The fourth-order valence-corrected chi connectivity index (χ4v) is 10.1. The number of benzene rings is 1. The van der Waals surface area contributed by atoms with Crippen molar-refractivity contribution in [1.29, 1.82) is 0 Å². The van der Waals surface area contributed by atoms with E-state index in [1.165, 1.54) is 5.56 Å². The zero-order valence-electron chi connectivity index (χ0n) is 35.4.